The fraction of sp³-hybridized carbons (Fsp3) is 0.143. The molecule has 0 atom stereocenters. The summed E-state index contributed by atoms with van der Waals surface area (Å²) in [4.78, 5) is 2.21. The van der Waals surface area contributed by atoms with E-state index in [1.807, 2.05) is 0 Å². The zero-order valence-corrected chi connectivity index (χ0v) is 9.06. The average molecular weight is 268 g/mol. The zero-order chi connectivity index (χ0) is 12.5. The maximum atomic E-state index is 12.5. The van der Waals surface area contributed by atoms with Crippen LogP contribution in [0.4, 0.5) is 14.5 Å². The lowest BCUT2D eigenvalue weighted by Crippen LogP contribution is -2.07. The van der Waals surface area contributed by atoms with Gasteiger partial charge in [0.15, 0.2) is 0 Å². The van der Waals surface area contributed by atoms with Crippen LogP contribution in [0, 0.1) is 11.3 Å². The second kappa shape index (κ2) is 4.19. The third-order valence-corrected chi connectivity index (χ3v) is 2.99. The summed E-state index contributed by atoms with van der Waals surface area (Å²) in [6, 6.07) is 2.34. The predicted octanol–water partition coefficient (Wildman–Crippen LogP) is 1.40. The normalized spacial score (nSPS) is 11.4. The fourth-order valence-electron chi connectivity index (χ4n) is 1.04. The smallest absolute Gasteiger partial charge is 0.281 e. The molecule has 1 aromatic heterocycles. The first-order chi connectivity index (χ1) is 7.27. The largest absolute Gasteiger partial charge is 0.397 e. The Morgan fingerprint density at radius 3 is 2.50 bits per heavy atom. The Morgan fingerprint density at radius 1 is 1.56 bits per heavy atom. The topological polar surface area (TPSA) is 96.8 Å². The molecule has 5 nitrogen and oxygen atoms in total. The fourth-order valence-corrected chi connectivity index (χ4v) is 2.27. The third-order valence-electron chi connectivity index (χ3n) is 1.59. The molecule has 0 spiro atoms. The second-order valence-corrected chi connectivity index (χ2v) is 5.16. The highest BCUT2D eigenvalue weighted by Gasteiger charge is 2.27. The van der Waals surface area contributed by atoms with E-state index in [0.717, 1.165) is 6.07 Å². The average Bonchev–Trinajstić information content (AvgIpc) is 2.14. The van der Waals surface area contributed by atoms with Crippen LogP contribution < -0.4 is 5.73 Å². The van der Waals surface area contributed by atoms with Crippen LogP contribution in [0.5, 0.6) is 0 Å². The van der Waals surface area contributed by atoms with Crippen LogP contribution in [0.15, 0.2) is 11.0 Å². The van der Waals surface area contributed by atoms with E-state index in [2.05, 4.69) is 4.98 Å². The summed E-state index contributed by atoms with van der Waals surface area (Å²) < 4.78 is 47.0. The van der Waals surface area contributed by atoms with Crippen molar-refractivity contribution < 1.29 is 17.2 Å². The van der Waals surface area contributed by atoms with Gasteiger partial charge in [-0.15, -0.1) is 0 Å². The van der Waals surface area contributed by atoms with E-state index < -0.39 is 37.4 Å². The Labute approximate surface area is 93.9 Å². The number of nitrogens with zero attached hydrogens (tertiary/aromatic N) is 2. The minimum absolute atomic E-state index is 0.406. The number of nitriles is 1. The molecule has 1 heterocycles. The highest BCUT2D eigenvalue weighted by molar-refractivity contribution is 8.13. The van der Waals surface area contributed by atoms with Gasteiger partial charge >= 0.3 is 0 Å². The molecule has 16 heavy (non-hydrogen) atoms. The summed E-state index contributed by atoms with van der Waals surface area (Å²) in [5.74, 6) is 0. The molecule has 1 rings (SSSR count). The minimum atomic E-state index is -4.44. The molecule has 0 aliphatic rings. The Hall–Kier alpha value is -1.46. The van der Waals surface area contributed by atoms with E-state index in [-0.39, 0.29) is 0 Å². The highest BCUT2D eigenvalue weighted by Crippen LogP contribution is 2.31. The second-order valence-electron chi connectivity index (χ2n) is 2.66. The van der Waals surface area contributed by atoms with Crippen molar-refractivity contribution in [1.29, 1.82) is 5.26 Å². The summed E-state index contributed by atoms with van der Waals surface area (Å²) in [6.45, 7) is 0. The first-order valence-electron chi connectivity index (χ1n) is 3.70. The van der Waals surface area contributed by atoms with E-state index in [1.165, 1.54) is 6.07 Å². The van der Waals surface area contributed by atoms with Crippen LogP contribution in [-0.2, 0) is 9.05 Å². The molecule has 0 bridgehead atoms. The lowest BCUT2D eigenvalue weighted by atomic mass is 10.2. The Kier molecular flexibility index (Phi) is 3.30. The number of pyridine rings is 1. The van der Waals surface area contributed by atoms with Gasteiger partial charge in [0.2, 0.25) is 0 Å². The third kappa shape index (κ3) is 2.37. The standard InChI is InChI=1S/C7H4ClF2N3O2S/c8-16(14,15)6-4(12)1-3(2-11)13-5(6)7(9)10/h1,7H,(H2,12,13). The summed E-state index contributed by atoms with van der Waals surface area (Å²) in [5, 5.41) is 8.47. The quantitative estimate of drug-likeness (QED) is 0.817. The number of hydrogen-bond donors (Lipinski definition) is 1. The summed E-state index contributed by atoms with van der Waals surface area (Å²) in [6.07, 6.45) is -3.20. The van der Waals surface area contributed by atoms with Crippen molar-refractivity contribution in [2.24, 2.45) is 0 Å². The molecule has 0 amide bonds. The molecule has 0 saturated heterocycles. The van der Waals surface area contributed by atoms with Gasteiger partial charge in [-0.25, -0.2) is 22.2 Å². The van der Waals surface area contributed by atoms with E-state index >= 15 is 0 Å². The Bertz CT molecular complexity index is 568. The van der Waals surface area contributed by atoms with Crippen molar-refractivity contribution in [1.82, 2.24) is 4.98 Å². The summed E-state index contributed by atoms with van der Waals surface area (Å²) in [7, 11) is 0.506. The van der Waals surface area contributed by atoms with Gasteiger partial charge in [0.25, 0.3) is 15.5 Å². The monoisotopic (exact) mass is 267 g/mol. The van der Waals surface area contributed by atoms with Gasteiger partial charge in [0.1, 0.15) is 22.4 Å². The lowest BCUT2D eigenvalue weighted by Gasteiger charge is -2.08. The van der Waals surface area contributed by atoms with Crippen molar-refractivity contribution in [3.05, 3.63) is 17.5 Å². The van der Waals surface area contributed by atoms with Crippen LogP contribution in [0.25, 0.3) is 0 Å². The number of anilines is 1. The molecule has 86 valence electrons. The van der Waals surface area contributed by atoms with Crippen molar-refractivity contribution in [3.8, 4) is 6.07 Å². The molecule has 9 heteroatoms. The molecule has 2 N–H and O–H groups in total. The molecule has 0 saturated carbocycles. The lowest BCUT2D eigenvalue weighted by molar-refractivity contribution is 0.142. The van der Waals surface area contributed by atoms with Gasteiger partial charge < -0.3 is 5.73 Å². The number of nitrogen functional groups attached to an aromatic ring is 1. The number of nitrogens with two attached hydrogens (primary N) is 1. The van der Waals surface area contributed by atoms with Crippen molar-refractivity contribution >= 4 is 25.4 Å². The van der Waals surface area contributed by atoms with Gasteiger partial charge in [0, 0.05) is 10.7 Å². The molecule has 0 fully saturated rings. The summed E-state index contributed by atoms with van der Waals surface area (Å²) >= 11 is 0. The van der Waals surface area contributed by atoms with Gasteiger partial charge in [-0.05, 0) is 6.07 Å². The molecular formula is C7H4ClF2N3O2S. The molecule has 0 unspecified atom stereocenters. The van der Waals surface area contributed by atoms with E-state index in [4.69, 9.17) is 21.7 Å². The van der Waals surface area contributed by atoms with Crippen LogP contribution >= 0.6 is 10.7 Å². The van der Waals surface area contributed by atoms with Gasteiger partial charge in [0.05, 0.1) is 5.69 Å². The van der Waals surface area contributed by atoms with Gasteiger partial charge in [-0.3, -0.25) is 0 Å². The molecular weight excluding hydrogens is 264 g/mol. The molecule has 0 aromatic carbocycles. The zero-order valence-electron chi connectivity index (χ0n) is 7.49. The molecule has 0 radical (unpaired) electrons. The first kappa shape index (κ1) is 12.6. The van der Waals surface area contributed by atoms with Crippen LogP contribution in [0.1, 0.15) is 17.8 Å². The van der Waals surface area contributed by atoms with Crippen molar-refractivity contribution in [2.75, 3.05) is 5.73 Å². The van der Waals surface area contributed by atoms with Gasteiger partial charge in [-0.2, -0.15) is 5.26 Å². The molecule has 0 aliphatic heterocycles. The predicted molar refractivity (Wildman–Crippen MR) is 51.4 cm³/mol. The van der Waals surface area contributed by atoms with E-state index in [9.17, 15) is 17.2 Å². The first-order valence-corrected chi connectivity index (χ1v) is 6.01. The van der Waals surface area contributed by atoms with Crippen LogP contribution in [0.3, 0.4) is 0 Å². The van der Waals surface area contributed by atoms with Crippen molar-refractivity contribution in [3.63, 3.8) is 0 Å². The van der Waals surface area contributed by atoms with Crippen molar-refractivity contribution in [2.45, 2.75) is 11.3 Å². The molecule has 0 aliphatic carbocycles. The van der Waals surface area contributed by atoms with Gasteiger partial charge in [-0.1, -0.05) is 0 Å². The number of rotatable bonds is 2. The minimum Gasteiger partial charge on any atom is -0.397 e. The maximum absolute atomic E-state index is 12.5. The number of hydrogen-bond acceptors (Lipinski definition) is 5. The SMILES string of the molecule is N#Cc1cc(N)c(S(=O)(=O)Cl)c(C(F)F)n1. The highest BCUT2D eigenvalue weighted by atomic mass is 35.7. The Balaban J connectivity index is 3.68. The molecule has 1 aromatic rings. The van der Waals surface area contributed by atoms with Crippen LogP contribution in [-0.4, -0.2) is 13.4 Å². The summed E-state index contributed by atoms with van der Waals surface area (Å²) in [5.41, 5.74) is 3.18. The van der Waals surface area contributed by atoms with E-state index in [0.29, 0.717) is 0 Å². The Morgan fingerprint density at radius 2 is 2.12 bits per heavy atom. The number of halogens is 3. The maximum Gasteiger partial charge on any atom is 0.281 e. The number of alkyl halides is 2. The van der Waals surface area contributed by atoms with E-state index in [1.54, 1.807) is 0 Å². The van der Waals surface area contributed by atoms with Crippen LogP contribution in [0.2, 0.25) is 0 Å². The number of aromatic nitrogens is 1.